The molecule has 3 amide bonds. The third kappa shape index (κ3) is 3.93. The Balaban J connectivity index is 1.85. The van der Waals surface area contributed by atoms with E-state index >= 15 is 0 Å². The number of hydrogen-bond acceptors (Lipinski definition) is 6. The average Bonchev–Trinajstić information content (AvgIpc) is 2.88. The lowest BCUT2D eigenvalue weighted by molar-refractivity contribution is -0.134. The number of carbonyl (C=O) groups excluding carboxylic acids is 2. The Bertz CT molecular complexity index is 795. The molecule has 0 radical (unpaired) electrons. The molecular formula is C21H31N5O3. The first-order chi connectivity index (χ1) is 13.8. The second kappa shape index (κ2) is 8.39. The second-order valence-corrected chi connectivity index (χ2v) is 8.39. The number of urea groups is 1. The van der Waals surface area contributed by atoms with Crippen molar-refractivity contribution in [1.29, 1.82) is 0 Å². The van der Waals surface area contributed by atoms with Crippen LogP contribution in [0.4, 0.5) is 10.6 Å². The minimum atomic E-state index is -0.775. The zero-order chi connectivity index (χ0) is 21.2. The summed E-state index contributed by atoms with van der Waals surface area (Å²) in [5, 5.41) is 0. The number of anilines is 1. The standard InChI is InChI=1S/C21H31N5O3/c1-15(2)6-11-25-19(27)21(26(20(25)28)14-16(3)4)7-12-24(13-8-21)17-18(29-5)23-10-9-22-17/h6,9-10,16H,7-8,11-14H2,1-5H3. The van der Waals surface area contributed by atoms with Gasteiger partial charge in [-0.05, 0) is 32.6 Å². The minimum absolute atomic E-state index is 0.0774. The number of allylic oxidation sites excluding steroid dienone is 1. The molecule has 0 saturated carbocycles. The van der Waals surface area contributed by atoms with E-state index in [1.807, 2.05) is 24.8 Å². The summed E-state index contributed by atoms with van der Waals surface area (Å²) < 4.78 is 5.34. The van der Waals surface area contributed by atoms with E-state index in [4.69, 9.17) is 4.74 Å². The van der Waals surface area contributed by atoms with Gasteiger partial charge in [-0.1, -0.05) is 25.5 Å². The Hall–Kier alpha value is -2.64. The number of ether oxygens (including phenoxy) is 1. The molecule has 2 aliphatic rings. The lowest BCUT2D eigenvalue weighted by Gasteiger charge is -2.43. The number of methoxy groups -OCH3 is 1. The van der Waals surface area contributed by atoms with Crippen molar-refractivity contribution in [3.05, 3.63) is 24.0 Å². The average molecular weight is 402 g/mol. The van der Waals surface area contributed by atoms with E-state index in [-0.39, 0.29) is 17.9 Å². The van der Waals surface area contributed by atoms with Crippen molar-refractivity contribution in [3.63, 3.8) is 0 Å². The van der Waals surface area contributed by atoms with Gasteiger partial charge in [0.05, 0.1) is 7.11 Å². The lowest BCUT2D eigenvalue weighted by Crippen LogP contribution is -2.57. The SMILES string of the molecule is COc1nccnc1N1CCC2(CC1)C(=O)N(CC=C(C)C)C(=O)N2CC(C)C. The van der Waals surface area contributed by atoms with Crippen molar-refractivity contribution < 1.29 is 14.3 Å². The van der Waals surface area contributed by atoms with Crippen LogP contribution in [0.2, 0.25) is 0 Å². The molecule has 2 aliphatic heterocycles. The number of carbonyl (C=O) groups is 2. The van der Waals surface area contributed by atoms with Gasteiger partial charge in [0.2, 0.25) is 0 Å². The van der Waals surface area contributed by atoms with E-state index in [0.29, 0.717) is 50.7 Å². The molecule has 0 atom stereocenters. The van der Waals surface area contributed by atoms with Crippen LogP contribution in [-0.2, 0) is 4.79 Å². The molecule has 1 aromatic rings. The molecule has 29 heavy (non-hydrogen) atoms. The highest BCUT2D eigenvalue weighted by Crippen LogP contribution is 2.39. The van der Waals surface area contributed by atoms with Crippen LogP contribution >= 0.6 is 0 Å². The summed E-state index contributed by atoms with van der Waals surface area (Å²) in [6.07, 6.45) is 6.30. The predicted molar refractivity (Wildman–Crippen MR) is 111 cm³/mol. The number of hydrogen-bond donors (Lipinski definition) is 0. The first kappa shape index (κ1) is 21.1. The van der Waals surface area contributed by atoms with Gasteiger partial charge in [-0.3, -0.25) is 9.69 Å². The van der Waals surface area contributed by atoms with Crippen LogP contribution in [0, 0.1) is 5.92 Å². The monoisotopic (exact) mass is 401 g/mol. The summed E-state index contributed by atoms with van der Waals surface area (Å²) in [6.45, 7) is 10.2. The first-order valence-electron chi connectivity index (χ1n) is 10.2. The summed E-state index contributed by atoms with van der Waals surface area (Å²) >= 11 is 0. The maximum Gasteiger partial charge on any atom is 0.327 e. The second-order valence-electron chi connectivity index (χ2n) is 8.39. The molecule has 3 heterocycles. The Labute approximate surface area is 172 Å². The van der Waals surface area contributed by atoms with Crippen LogP contribution in [0.15, 0.2) is 24.0 Å². The largest absolute Gasteiger partial charge is 0.478 e. The molecule has 0 unspecified atom stereocenters. The molecule has 0 aliphatic carbocycles. The normalized spacial score (nSPS) is 18.8. The Kier molecular flexibility index (Phi) is 6.10. The van der Waals surface area contributed by atoms with Gasteiger partial charge in [0.15, 0.2) is 5.82 Å². The first-order valence-corrected chi connectivity index (χ1v) is 10.2. The van der Waals surface area contributed by atoms with Gasteiger partial charge >= 0.3 is 6.03 Å². The van der Waals surface area contributed by atoms with Crippen LogP contribution in [0.3, 0.4) is 0 Å². The molecule has 0 aromatic carbocycles. The van der Waals surface area contributed by atoms with Crippen molar-refractivity contribution in [2.45, 2.75) is 46.1 Å². The summed E-state index contributed by atoms with van der Waals surface area (Å²) in [4.78, 5) is 40.5. The summed E-state index contributed by atoms with van der Waals surface area (Å²) in [5.74, 6) is 1.36. The van der Waals surface area contributed by atoms with E-state index in [1.165, 1.54) is 4.90 Å². The van der Waals surface area contributed by atoms with Crippen molar-refractivity contribution in [2.24, 2.45) is 5.92 Å². The minimum Gasteiger partial charge on any atom is -0.478 e. The fourth-order valence-electron chi connectivity index (χ4n) is 4.09. The van der Waals surface area contributed by atoms with E-state index < -0.39 is 5.54 Å². The van der Waals surface area contributed by atoms with Gasteiger partial charge in [-0.25, -0.2) is 14.8 Å². The van der Waals surface area contributed by atoms with E-state index in [1.54, 1.807) is 19.5 Å². The van der Waals surface area contributed by atoms with Crippen molar-refractivity contribution >= 4 is 17.8 Å². The zero-order valence-corrected chi connectivity index (χ0v) is 18.0. The fourth-order valence-corrected chi connectivity index (χ4v) is 4.09. The van der Waals surface area contributed by atoms with Crippen LogP contribution in [-0.4, -0.2) is 70.5 Å². The van der Waals surface area contributed by atoms with Gasteiger partial charge in [-0.2, -0.15) is 0 Å². The Morgan fingerprint density at radius 2 is 1.86 bits per heavy atom. The zero-order valence-electron chi connectivity index (χ0n) is 18.0. The van der Waals surface area contributed by atoms with Crippen LogP contribution in [0.1, 0.15) is 40.5 Å². The number of piperidine rings is 1. The smallest absolute Gasteiger partial charge is 0.327 e. The molecule has 0 bridgehead atoms. The third-order valence-corrected chi connectivity index (χ3v) is 5.58. The number of rotatable bonds is 6. The maximum absolute atomic E-state index is 13.4. The quantitative estimate of drug-likeness (QED) is 0.539. The van der Waals surface area contributed by atoms with E-state index in [0.717, 1.165) is 5.57 Å². The van der Waals surface area contributed by atoms with Crippen molar-refractivity contribution in [2.75, 3.05) is 38.2 Å². The molecule has 0 N–H and O–H groups in total. The summed E-state index contributed by atoms with van der Waals surface area (Å²) in [5.41, 5.74) is 0.314. The molecule has 2 saturated heterocycles. The molecule has 158 valence electrons. The Morgan fingerprint density at radius 1 is 1.21 bits per heavy atom. The molecule has 8 heteroatoms. The summed E-state index contributed by atoms with van der Waals surface area (Å²) in [7, 11) is 1.57. The molecular weight excluding hydrogens is 370 g/mol. The number of imide groups is 1. The number of amides is 3. The molecule has 2 fully saturated rings. The highest BCUT2D eigenvalue weighted by molar-refractivity contribution is 6.07. The topological polar surface area (TPSA) is 78.9 Å². The van der Waals surface area contributed by atoms with Gasteiger partial charge in [-0.15, -0.1) is 0 Å². The van der Waals surface area contributed by atoms with Crippen LogP contribution in [0.25, 0.3) is 0 Å². The lowest BCUT2D eigenvalue weighted by atomic mass is 9.85. The number of aromatic nitrogens is 2. The molecule has 3 rings (SSSR count). The fraction of sp³-hybridized carbons (Fsp3) is 0.619. The van der Waals surface area contributed by atoms with Crippen molar-refractivity contribution in [1.82, 2.24) is 19.8 Å². The van der Waals surface area contributed by atoms with Gasteiger partial charge in [0.1, 0.15) is 5.54 Å². The van der Waals surface area contributed by atoms with Crippen LogP contribution < -0.4 is 9.64 Å². The van der Waals surface area contributed by atoms with E-state index in [9.17, 15) is 9.59 Å². The molecule has 1 spiro atoms. The predicted octanol–water partition coefficient (Wildman–Crippen LogP) is 2.71. The van der Waals surface area contributed by atoms with Crippen molar-refractivity contribution in [3.8, 4) is 5.88 Å². The maximum atomic E-state index is 13.4. The van der Waals surface area contributed by atoms with Crippen LogP contribution in [0.5, 0.6) is 5.88 Å². The highest BCUT2D eigenvalue weighted by atomic mass is 16.5. The van der Waals surface area contributed by atoms with E-state index in [2.05, 4.69) is 28.7 Å². The third-order valence-electron chi connectivity index (χ3n) is 5.58. The highest BCUT2D eigenvalue weighted by Gasteiger charge is 2.57. The molecule has 8 nitrogen and oxygen atoms in total. The van der Waals surface area contributed by atoms with Gasteiger partial charge in [0, 0.05) is 38.6 Å². The summed E-state index contributed by atoms with van der Waals surface area (Å²) in [6, 6.07) is -0.174. The van der Waals surface area contributed by atoms with Gasteiger partial charge < -0.3 is 14.5 Å². The van der Waals surface area contributed by atoms with Gasteiger partial charge in [0.25, 0.3) is 11.8 Å². The number of nitrogens with zero attached hydrogens (tertiary/aromatic N) is 5. The molecule has 1 aromatic heterocycles. The Morgan fingerprint density at radius 3 is 2.45 bits per heavy atom.